The van der Waals surface area contributed by atoms with Gasteiger partial charge in [-0.05, 0) is 6.07 Å². The van der Waals surface area contributed by atoms with Crippen molar-refractivity contribution in [2.24, 2.45) is 0 Å². The molecule has 1 atom stereocenters. The molecule has 0 saturated carbocycles. The van der Waals surface area contributed by atoms with Crippen LogP contribution in [0.1, 0.15) is 17.4 Å². The summed E-state index contributed by atoms with van der Waals surface area (Å²) in [6, 6.07) is 2.76. The van der Waals surface area contributed by atoms with Gasteiger partial charge in [-0.1, -0.05) is 6.08 Å². The maximum Gasteiger partial charge on any atom is 0.418 e. The van der Waals surface area contributed by atoms with E-state index in [9.17, 15) is 13.2 Å². The average Bonchev–Trinajstić information content (AvgIpc) is 2.59. The molecule has 0 aliphatic heterocycles. The lowest BCUT2D eigenvalue weighted by Crippen LogP contribution is -2.19. The Morgan fingerprint density at radius 2 is 2.25 bits per heavy atom. The summed E-state index contributed by atoms with van der Waals surface area (Å²) < 4.78 is 37.9. The van der Waals surface area contributed by atoms with Crippen molar-refractivity contribution >= 4 is 0 Å². The van der Waals surface area contributed by atoms with Crippen molar-refractivity contribution in [3.8, 4) is 6.07 Å². The third kappa shape index (κ3) is 2.44. The molecule has 0 radical (unpaired) electrons. The number of halogens is 3. The van der Waals surface area contributed by atoms with E-state index in [-0.39, 0.29) is 17.8 Å². The van der Waals surface area contributed by atoms with Crippen LogP contribution in [0, 0.1) is 11.3 Å². The minimum atomic E-state index is -4.73. The van der Waals surface area contributed by atoms with Gasteiger partial charge in [0.15, 0.2) is 6.10 Å². The summed E-state index contributed by atoms with van der Waals surface area (Å²) in [6.45, 7) is 3.64. The fourth-order valence-electron chi connectivity index (χ4n) is 1.25. The topological polar surface area (TPSA) is 49.0 Å². The van der Waals surface area contributed by atoms with Crippen LogP contribution in [-0.2, 0) is 6.54 Å². The summed E-state index contributed by atoms with van der Waals surface area (Å²) in [5.74, 6) is 0. The zero-order valence-electron chi connectivity index (χ0n) is 8.20. The zero-order chi connectivity index (χ0) is 12.3. The first-order valence-corrected chi connectivity index (χ1v) is 4.36. The van der Waals surface area contributed by atoms with Crippen molar-refractivity contribution in [1.29, 1.82) is 5.26 Å². The fraction of sp³-hybridized carbons (Fsp3) is 0.300. The average molecular weight is 230 g/mol. The molecule has 0 amide bonds. The van der Waals surface area contributed by atoms with Crippen molar-refractivity contribution < 1.29 is 18.3 Å². The minimum Gasteiger partial charge on any atom is -0.379 e. The summed E-state index contributed by atoms with van der Waals surface area (Å²) >= 11 is 0. The first-order chi connectivity index (χ1) is 7.40. The van der Waals surface area contributed by atoms with Crippen molar-refractivity contribution in [2.45, 2.75) is 18.8 Å². The summed E-state index contributed by atoms with van der Waals surface area (Å²) in [4.78, 5) is 0. The van der Waals surface area contributed by atoms with Crippen molar-refractivity contribution in [2.75, 3.05) is 0 Å². The van der Waals surface area contributed by atoms with E-state index >= 15 is 0 Å². The van der Waals surface area contributed by atoms with Gasteiger partial charge in [0.1, 0.15) is 11.8 Å². The lowest BCUT2D eigenvalue weighted by atomic mass is 10.2. The first-order valence-electron chi connectivity index (χ1n) is 4.36. The number of aliphatic hydroxyl groups is 1. The van der Waals surface area contributed by atoms with Crippen LogP contribution in [0.15, 0.2) is 24.9 Å². The molecule has 0 aliphatic carbocycles. The van der Waals surface area contributed by atoms with Gasteiger partial charge in [0.2, 0.25) is 0 Å². The van der Waals surface area contributed by atoms with Gasteiger partial charge in [0.05, 0.1) is 0 Å². The SMILES string of the molecule is C=CCn1cc(C(O)C(F)(F)F)cc1C#N. The Balaban J connectivity index is 3.09. The second-order valence-corrected chi connectivity index (χ2v) is 3.16. The van der Waals surface area contributed by atoms with E-state index in [1.165, 1.54) is 10.6 Å². The van der Waals surface area contributed by atoms with Gasteiger partial charge in [-0.25, -0.2) is 0 Å². The Kier molecular flexibility index (Phi) is 3.40. The molecule has 1 rings (SSSR count). The molecule has 0 spiro atoms. The minimum absolute atomic E-state index is 0.0539. The molecule has 1 heterocycles. The molecule has 1 aromatic rings. The normalized spacial score (nSPS) is 13.2. The number of hydrogen-bond acceptors (Lipinski definition) is 2. The summed E-state index contributed by atoms with van der Waals surface area (Å²) in [7, 11) is 0. The number of aromatic nitrogens is 1. The Labute approximate surface area is 90.0 Å². The molecule has 3 nitrogen and oxygen atoms in total. The molecule has 0 saturated heterocycles. The number of aliphatic hydroxyl groups excluding tert-OH is 1. The number of allylic oxidation sites excluding steroid dienone is 1. The molecule has 0 aromatic carbocycles. The van der Waals surface area contributed by atoms with Crippen molar-refractivity contribution in [3.05, 3.63) is 36.2 Å². The predicted octanol–water partition coefficient (Wildman–Crippen LogP) is 2.14. The predicted molar refractivity (Wildman–Crippen MR) is 50.4 cm³/mol. The fourth-order valence-corrected chi connectivity index (χ4v) is 1.25. The Hall–Kier alpha value is -1.74. The van der Waals surface area contributed by atoms with Gasteiger partial charge >= 0.3 is 6.18 Å². The Morgan fingerprint density at radius 3 is 2.69 bits per heavy atom. The highest BCUT2D eigenvalue weighted by atomic mass is 19.4. The van der Waals surface area contributed by atoms with Crippen molar-refractivity contribution in [3.63, 3.8) is 0 Å². The molecular formula is C10H9F3N2O. The molecular weight excluding hydrogens is 221 g/mol. The summed E-state index contributed by atoms with van der Waals surface area (Å²) in [5.41, 5.74) is -0.288. The van der Waals surface area contributed by atoms with E-state index in [1.807, 2.05) is 0 Å². The number of alkyl halides is 3. The molecule has 0 fully saturated rings. The maximum absolute atomic E-state index is 12.2. The molecule has 1 N–H and O–H groups in total. The van der Waals surface area contributed by atoms with Crippen LogP contribution in [0.3, 0.4) is 0 Å². The van der Waals surface area contributed by atoms with E-state index < -0.39 is 12.3 Å². The quantitative estimate of drug-likeness (QED) is 0.809. The van der Waals surface area contributed by atoms with Crippen LogP contribution < -0.4 is 0 Å². The van der Waals surface area contributed by atoms with Crippen molar-refractivity contribution in [1.82, 2.24) is 4.57 Å². The smallest absolute Gasteiger partial charge is 0.379 e. The maximum atomic E-state index is 12.2. The standard InChI is InChI=1S/C10H9F3N2O/c1-2-3-15-6-7(4-8(15)5-14)9(16)10(11,12)13/h2,4,6,9,16H,1,3H2. The molecule has 6 heteroatoms. The highest BCUT2D eigenvalue weighted by Crippen LogP contribution is 2.33. The number of rotatable bonds is 3. The number of nitrogens with zero attached hydrogens (tertiary/aromatic N) is 2. The second kappa shape index (κ2) is 4.41. The zero-order valence-corrected chi connectivity index (χ0v) is 8.20. The molecule has 0 bridgehead atoms. The largest absolute Gasteiger partial charge is 0.418 e. The van der Waals surface area contributed by atoms with Gasteiger partial charge in [-0.3, -0.25) is 0 Å². The molecule has 86 valence electrons. The van der Waals surface area contributed by atoms with Crippen LogP contribution in [0.2, 0.25) is 0 Å². The van der Waals surface area contributed by atoms with Crippen LogP contribution >= 0.6 is 0 Å². The number of nitriles is 1. The van der Waals surface area contributed by atoms with Gasteiger partial charge in [-0.2, -0.15) is 18.4 Å². The van der Waals surface area contributed by atoms with Crippen LogP contribution in [0.4, 0.5) is 13.2 Å². The Morgan fingerprint density at radius 1 is 1.62 bits per heavy atom. The van der Waals surface area contributed by atoms with Gasteiger partial charge in [-0.15, -0.1) is 6.58 Å². The van der Waals surface area contributed by atoms with E-state index in [0.717, 1.165) is 12.3 Å². The van der Waals surface area contributed by atoms with E-state index in [0.29, 0.717) is 0 Å². The number of hydrogen-bond donors (Lipinski definition) is 1. The van der Waals surface area contributed by atoms with E-state index in [4.69, 9.17) is 10.4 Å². The summed E-state index contributed by atoms with van der Waals surface area (Å²) in [6.07, 6.45) is -4.75. The van der Waals surface area contributed by atoms with Gasteiger partial charge in [0.25, 0.3) is 0 Å². The lowest BCUT2D eigenvalue weighted by Gasteiger charge is -2.12. The highest BCUT2D eigenvalue weighted by molar-refractivity contribution is 5.30. The van der Waals surface area contributed by atoms with E-state index in [2.05, 4.69) is 6.58 Å². The van der Waals surface area contributed by atoms with E-state index in [1.54, 1.807) is 6.07 Å². The van der Waals surface area contributed by atoms with Gasteiger partial charge < -0.3 is 9.67 Å². The Bertz CT molecular complexity index is 428. The molecule has 1 unspecified atom stereocenters. The van der Waals surface area contributed by atoms with Gasteiger partial charge in [0, 0.05) is 18.3 Å². The second-order valence-electron chi connectivity index (χ2n) is 3.16. The lowest BCUT2D eigenvalue weighted by molar-refractivity contribution is -0.206. The highest BCUT2D eigenvalue weighted by Gasteiger charge is 2.40. The third-order valence-corrected chi connectivity index (χ3v) is 1.98. The molecule has 16 heavy (non-hydrogen) atoms. The van der Waals surface area contributed by atoms with Crippen LogP contribution in [0.5, 0.6) is 0 Å². The molecule has 1 aromatic heterocycles. The van der Waals surface area contributed by atoms with Crippen LogP contribution in [-0.4, -0.2) is 15.8 Å². The third-order valence-electron chi connectivity index (χ3n) is 1.98. The summed E-state index contributed by atoms with van der Waals surface area (Å²) in [5, 5.41) is 17.7. The monoisotopic (exact) mass is 230 g/mol. The van der Waals surface area contributed by atoms with Crippen LogP contribution in [0.25, 0.3) is 0 Å². The first kappa shape index (κ1) is 12.3. The molecule has 0 aliphatic rings.